The van der Waals surface area contributed by atoms with Gasteiger partial charge in [-0.25, -0.2) is 9.18 Å². The summed E-state index contributed by atoms with van der Waals surface area (Å²) in [4.78, 5) is 13.7. The van der Waals surface area contributed by atoms with Gasteiger partial charge in [-0.1, -0.05) is 15.9 Å². The third kappa shape index (κ3) is 6.45. The molecular formula is C20H29BrFNO3. The zero-order chi connectivity index (χ0) is 19.4. The van der Waals surface area contributed by atoms with Crippen molar-refractivity contribution in [3.05, 3.63) is 28.2 Å². The van der Waals surface area contributed by atoms with Gasteiger partial charge in [0.25, 0.3) is 0 Å². The Morgan fingerprint density at radius 3 is 2.54 bits per heavy atom. The maximum absolute atomic E-state index is 14.9. The van der Waals surface area contributed by atoms with Gasteiger partial charge in [0.1, 0.15) is 17.0 Å². The van der Waals surface area contributed by atoms with Crippen molar-refractivity contribution in [1.82, 2.24) is 4.90 Å². The van der Waals surface area contributed by atoms with Gasteiger partial charge in [-0.3, -0.25) is 0 Å². The Bertz CT molecular complexity index is 622. The maximum atomic E-state index is 14.9. The number of ether oxygens (including phenoxy) is 2. The highest BCUT2D eigenvalue weighted by Gasteiger charge is 2.36. The summed E-state index contributed by atoms with van der Waals surface area (Å²) < 4.78 is 27.1. The average Bonchev–Trinajstić information content (AvgIpc) is 2.54. The number of amides is 1. The van der Waals surface area contributed by atoms with Crippen LogP contribution in [0, 0.1) is 6.92 Å². The molecule has 1 heterocycles. The molecule has 1 saturated heterocycles. The van der Waals surface area contributed by atoms with E-state index in [2.05, 4.69) is 15.9 Å². The first kappa shape index (κ1) is 21.0. The molecule has 0 N–H and O–H groups in total. The van der Waals surface area contributed by atoms with E-state index in [9.17, 15) is 9.18 Å². The average molecular weight is 430 g/mol. The van der Waals surface area contributed by atoms with E-state index in [0.717, 1.165) is 15.8 Å². The first-order valence-electron chi connectivity index (χ1n) is 9.14. The second-order valence-electron chi connectivity index (χ2n) is 7.98. The van der Waals surface area contributed by atoms with E-state index in [1.54, 1.807) is 4.90 Å². The van der Waals surface area contributed by atoms with E-state index < -0.39 is 11.3 Å². The van der Waals surface area contributed by atoms with E-state index >= 15 is 0 Å². The minimum absolute atomic E-state index is 0.351. The molecule has 0 unspecified atom stereocenters. The summed E-state index contributed by atoms with van der Waals surface area (Å²) in [6, 6.07) is 5.82. The van der Waals surface area contributed by atoms with Crippen LogP contribution in [0.3, 0.4) is 0 Å². The molecular weight excluding hydrogens is 401 g/mol. The molecule has 4 nitrogen and oxygen atoms in total. The molecule has 0 spiro atoms. The number of aryl methyl sites for hydroxylation is 1. The molecule has 146 valence electrons. The summed E-state index contributed by atoms with van der Waals surface area (Å²) in [5, 5.41) is 0. The third-order valence-corrected chi connectivity index (χ3v) is 5.37. The van der Waals surface area contributed by atoms with Gasteiger partial charge in [0.2, 0.25) is 0 Å². The van der Waals surface area contributed by atoms with Crippen molar-refractivity contribution in [3.8, 4) is 5.75 Å². The Kier molecular flexibility index (Phi) is 6.94. The molecule has 26 heavy (non-hydrogen) atoms. The minimum atomic E-state index is -1.22. The first-order valence-corrected chi connectivity index (χ1v) is 9.93. The van der Waals surface area contributed by atoms with Crippen LogP contribution in [0.15, 0.2) is 22.7 Å². The van der Waals surface area contributed by atoms with Gasteiger partial charge >= 0.3 is 6.09 Å². The molecule has 6 heteroatoms. The van der Waals surface area contributed by atoms with E-state index in [1.165, 1.54) is 0 Å². The Morgan fingerprint density at radius 1 is 1.31 bits per heavy atom. The lowest BCUT2D eigenvalue weighted by molar-refractivity contribution is 0.000346. The Labute approximate surface area is 164 Å². The molecule has 1 fully saturated rings. The second kappa shape index (κ2) is 8.59. The molecule has 2 rings (SSSR count). The van der Waals surface area contributed by atoms with Crippen molar-refractivity contribution in [2.45, 2.75) is 64.6 Å². The number of hydrogen-bond acceptors (Lipinski definition) is 3. The third-order valence-electron chi connectivity index (χ3n) is 4.48. The smallest absolute Gasteiger partial charge is 0.410 e. The zero-order valence-electron chi connectivity index (χ0n) is 16.1. The minimum Gasteiger partial charge on any atom is -0.494 e. The van der Waals surface area contributed by atoms with Crippen LogP contribution < -0.4 is 4.74 Å². The molecule has 0 radical (unpaired) electrons. The highest BCUT2D eigenvalue weighted by atomic mass is 79.9. The topological polar surface area (TPSA) is 38.8 Å². The lowest BCUT2D eigenvalue weighted by atomic mass is 9.89. The molecule has 1 amide bonds. The lowest BCUT2D eigenvalue weighted by Crippen LogP contribution is -2.46. The highest BCUT2D eigenvalue weighted by molar-refractivity contribution is 9.10. The largest absolute Gasteiger partial charge is 0.494 e. The van der Waals surface area contributed by atoms with Crippen LogP contribution in [0.4, 0.5) is 9.18 Å². The fraction of sp³-hybridized carbons (Fsp3) is 0.650. The number of likely N-dealkylation sites (tertiary alicyclic amines) is 1. The van der Waals surface area contributed by atoms with Crippen LogP contribution in [-0.2, 0) is 4.74 Å². The molecule has 0 saturated carbocycles. The van der Waals surface area contributed by atoms with E-state index in [4.69, 9.17) is 9.47 Å². The summed E-state index contributed by atoms with van der Waals surface area (Å²) in [5.41, 5.74) is -0.638. The lowest BCUT2D eigenvalue weighted by Gasteiger charge is -2.37. The first-order chi connectivity index (χ1) is 12.1. The Balaban J connectivity index is 1.72. The monoisotopic (exact) mass is 429 g/mol. The quantitative estimate of drug-likeness (QED) is 0.567. The normalized spacial score (nSPS) is 17.1. The number of nitrogens with zero attached hydrogens (tertiary/aromatic N) is 1. The van der Waals surface area contributed by atoms with Crippen LogP contribution in [0.2, 0.25) is 0 Å². The van der Waals surface area contributed by atoms with Crippen molar-refractivity contribution in [1.29, 1.82) is 0 Å². The summed E-state index contributed by atoms with van der Waals surface area (Å²) in [6.45, 7) is 8.80. The molecule has 1 aromatic carbocycles. The number of benzene rings is 1. The zero-order valence-corrected chi connectivity index (χ0v) is 17.7. The van der Waals surface area contributed by atoms with Crippen LogP contribution in [0.25, 0.3) is 0 Å². The van der Waals surface area contributed by atoms with E-state index in [1.807, 2.05) is 45.9 Å². The number of piperidine rings is 1. The highest BCUT2D eigenvalue weighted by Crippen LogP contribution is 2.32. The predicted molar refractivity (Wildman–Crippen MR) is 104 cm³/mol. The van der Waals surface area contributed by atoms with Crippen molar-refractivity contribution in [3.63, 3.8) is 0 Å². The summed E-state index contributed by atoms with van der Waals surface area (Å²) in [5.74, 6) is 0.804. The fourth-order valence-electron chi connectivity index (χ4n) is 2.95. The number of hydrogen-bond donors (Lipinski definition) is 0. The predicted octanol–water partition coefficient (Wildman–Crippen LogP) is 5.66. The number of rotatable bonds is 5. The number of carbonyl (C=O) groups is 1. The van der Waals surface area contributed by atoms with Gasteiger partial charge in [-0.15, -0.1) is 0 Å². The number of halogens is 2. The van der Waals surface area contributed by atoms with Gasteiger partial charge in [0.15, 0.2) is 0 Å². The van der Waals surface area contributed by atoms with Crippen LogP contribution in [0.1, 0.15) is 52.0 Å². The van der Waals surface area contributed by atoms with Crippen molar-refractivity contribution in [2.75, 3.05) is 19.7 Å². The molecule has 0 atom stereocenters. The van der Waals surface area contributed by atoms with E-state index in [-0.39, 0.29) is 6.09 Å². The Hall–Kier alpha value is -1.30. The Morgan fingerprint density at radius 2 is 1.96 bits per heavy atom. The number of carbonyl (C=O) groups excluding carboxylic acids is 1. The summed E-state index contributed by atoms with van der Waals surface area (Å²) >= 11 is 3.46. The van der Waals surface area contributed by atoms with Crippen molar-refractivity contribution in [2.24, 2.45) is 0 Å². The molecule has 1 aliphatic heterocycles. The molecule has 1 aliphatic rings. The molecule has 0 aliphatic carbocycles. The van der Waals surface area contributed by atoms with Crippen LogP contribution in [0.5, 0.6) is 5.75 Å². The van der Waals surface area contributed by atoms with Crippen LogP contribution >= 0.6 is 15.9 Å². The van der Waals surface area contributed by atoms with Gasteiger partial charge in [-0.2, -0.15) is 0 Å². The SMILES string of the molecule is Cc1cc(OCCCC2(F)CCN(C(=O)OC(C)(C)C)CC2)ccc1Br. The van der Waals surface area contributed by atoms with Gasteiger partial charge in [-0.05, 0) is 77.1 Å². The van der Waals surface area contributed by atoms with Crippen LogP contribution in [-0.4, -0.2) is 42.0 Å². The fourth-order valence-corrected chi connectivity index (χ4v) is 3.20. The standard InChI is InChI=1S/C20H29BrFNO3/c1-15-14-16(6-7-17(15)21)25-13-5-8-20(22)9-11-23(12-10-20)18(24)26-19(2,3)4/h6-7,14H,5,8-13H2,1-4H3. The summed E-state index contributed by atoms with van der Waals surface area (Å²) in [7, 11) is 0. The van der Waals surface area contributed by atoms with Crippen molar-refractivity contribution < 1.29 is 18.7 Å². The molecule has 0 bridgehead atoms. The van der Waals surface area contributed by atoms with Gasteiger partial charge in [0, 0.05) is 17.6 Å². The number of alkyl halides is 1. The molecule has 0 aromatic heterocycles. The molecule has 1 aromatic rings. The second-order valence-corrected chi connectivity index (χ2v) is 8.84. The maximum Gasteiger partial charge on any atom is 0.410 e. The summed E-state index contributed by atoms with van der Waals surface area (Å²) in [6.07, 6.45) is 1.45. The van der Waals surface area contributed by atoms with Gasteiger partial charge < -0.3 is 14.4 Å². The van der Waals surface area contributed by atoms with E-state index in [0.29, 0.717) is 45.4 Å². The van der Waals surface area contributed by atoms with Gasteiger partial charge in [0.05, 0.1) is 6.61 Å². The van der Waals surface area contributed by atoms with Crippen molar-refractivity contribution >= 4 is 22.0 Å².